The third kappa shape index (κ3) is 0.974. The molecule has 16 heavy (non-hydrogen) atoms. The molecule has 2 bridgehead atoms. The summed E-state index contributed by atoms with van der Waals surface area (Å²) < 4.78 is -1.43. The third-order valence-corrected chi connectivity index (χ3v) is 8.12. The van der Waals surface area contributed by atoms with Crippen molar-refractivity contribution in [3.8, 4) is 0 Å². The zero-order chi connectivity index (χ0) is 11.9. The van der Waals surface area contributed by atoms with Gasteiger partial charge in [0.25, 0.3) is 0 Å². The van der Waals surface area contributed by atoms with E-state index in [2.05, 4.69) is 0 Å². The molecule has 0 aromatic rings. The summed E-state index contributed by atoms with van der Waals surface area (Å²) in [6.07, 6.45) is 4.83. The molecule has 0 heterocycles. The lowest BCUT2D eigenvalue weighted by atomic mass is 9.83. The summed E-state index contributed by atoms with van der Waals surface area (Å²) >= 11 is 38.1. The summed E-state index contributed by atoms with van der Waals surface area (Å²) in [5.74, 6) is 0.0361. The van der Waals surface area contributed by atoms with Crippen LogP contribution in [0.2, 0.25) is 0 Å². The minimum absolute atomic E-state index is 0.00309. The first-order valence-corrected chi connectivity index (χ1v) is 7.05. The van der Waals surface area contributed by atoms with Crippen LogP contribution in [0.1, 0.15) is 6.42 Å². The minimum atomic E-state index is -1.43. The molecule has 3 rings (SSSR count). The number of alkyl halides is 4. The molecule has 0 nitrogen and oxygen atoms in total. The third-order valence-electron chi connectivity index (χ3n) is 3.88. The lowest BCUT2D eigenvalue weighted by Crippen LogP contribution is -2.54. The summed E-state index contributed by atoms with van der Waals surface area (Å²) in [7, 11) is 0. The van der Waals surface area contributed by atoms with Crippen LogP contribution in [0.25, 0.3) is 0 Å². The van der Waals surface area contributed by atoms with Crippen LogP contribution in [0.15, 0.2) is 22.2 Å². The predicted molar refractivity (Wildman–Crippen MR) is 71.1 cm³/mol. The van der Waals surface area contributed by atoms with Crippen molar-refractivity contribution in [1.82, 2.24) is 0 Å². The van der Waals surface area contributed by atoms with E-state index < -0.39 is 14.1 Å². The molecule has 6 heteroatoms. The van der Waals surface area contributed by atoms with E-state index in [1.807, 2.05) is 12.2 Å². The van der Waals surface area contributed by atoms with Gasteiger partial charge >= 0.3 is 0 Å². The Kier molecular flexibility index (Phi) is 2.46. The van der Waals surface area contributed by atoms with E-state index in [1.165, 1.54) is 0 Å². The van der Waals surface area contributed by atoms with E-state index in [4.69, 9.17) is 69.6 Å². The van der Waals surface area contributed by atoms with Crippen LogP contribution in [0.3, 0.4) is 0 Å². The fourth-order valence-corrected chi connectivity index (χ4v) is 5.93. The van der Waals surface area contributed by atoms with Crippen LogP contribution in [-0.4, -0.2) is 14.1 Å². The fraction of sp³-hybridized carbons (Fsp3) is 0.600. The van der Waals surface area contributed by atoms with Gasteiger partial charge in [-0.05, 0) is 6.42 Å². The van der Waals surface area contributed by atoms with Crippen molar-refractivity contribution in [1.29, 1.82) is 0 Å². The lowest BCUT2D eigenvalue weighted by Gasteiger charge is -2.43. The van der Waals surface area contributed by atoms with Gasteiger partial charge < -0.3 is 0 Å². The Hall–Kier alpha value is 1.22. The van der Waals surface area contributed by atoms with Gasteiger partial charge in [0, 0.05) is 11.8 Å². The first-order valence-electron chi connectivity index (χ1n) is 4.78. The van der Waals surface area contributed by atoms with Crippen LogP contribution in [0.4, 0.5) is 0 Å². The molecule has 1 saturated carbocycles. The number of hydrogen-bond acceptors (Lipinski definition) is 0. The standard InChI is InChI=1S/C10H6Cl6/c11-6-7(12)10(15,16)9(14)5-2-1-4(3-5)8(6,9)13/h1-2,4-5H,3H2. The van der Waals surface area contributed by atoms with Gasteiger partial charge in [0.05, 0.1) is 10.1 Å². The molecular formula is C10H6Cl6. The highest BCUT2D eigenvalue weighted by Gasteiger charge is 2.78. The summed E-state index contributed by atoms with van der Waals surface area (Å²) in [6, 6.07) is 0. The summed E-state index contributed by atoms with van der Waals surface area (Å²) in [4.78, 5) is -2.03. The maximum atomic E-state index is 6.63. The average molecular weight is 339 g/mol. The second-order valence-electron chi connectivity index (χ2n) is 4.46. The molecule has 0 aromatic carbocycles. The minimum Gasteiger partial charge on any atom is -0.113 e. The Bertz CT molecular complexity index is 439. The first kappa shape index (κ1) is 12.3. The number of hydrogen-bond donors (Lipinski definition) is 0. The molecule has 4 atom stereocenters. The molecule has 3 aliphatic carbocycles. The van der Waals surface area contributed by atoms with Gasteiger partial charge in [0.2, 0.25) is 0 Å². The highest BCUT2D eigenvalue weighted by molar-refractivity contribution is 6.65. The van der Waals surface area contributed by atoms with Crippen LogP contribution < -0.4 is 0 Å². The van der Waals surface area contributed by atoms with E-state index in [-0.39, 0.29) is 21.9 Å². The van der Waals surface area contributed by atoms with Crippen LogP contribution in [0.5, 0.6) is 0 Å². The van der Waals surface area contributed by atoms with Crippen LogP contribution in [0, 0.1) is 11.8 Å². The molecule has 3 aliphatic rings. The molecule has 0 saturated heterocycles. The molecule has 4 unspecified atom stereocenters. The van der Waals surface area contributed by atoms with Crippen molar-refractivity contribution >= 4 is 69.6 Å². The maximum absolute atomic E-state index is 6.63. The van der Waals surface area contributed by atoms with Gasteiger partial charge in [-0.2, -0.15) is 0 Å². The van der Waals surface area contributed by atoms with Crippen molar-refractivity contribution in [3.63, 3.8) is 0 Å². The molecular weight excluding hydrogens is 333 g/mol. The van der Waals surface area contributed by atoms with Crippen molar-refractivity contribution in [2.75, 3.05) is 0 Å². The second kappa shape index (κ2) is 3.21. The topological polar surface area (TPSA) is 0 Å². The first-order chi connectivity index (χ1) is 7.28. The number of rotatable bonds is 0. The monoisotopic (exact) mass is 336 g/mol. The Labute approximate surface area is 123 Å². The van der Waals surface area contributed by atoms with Gasteiger partial charge in [-0.25, -0.2) is 0 Å². The molecule has 88 valence electrons. The van der Waals surface area contributed by atoms with E-state index in [9.17, 15) is 0 Å². The lowest BCUT2D eigenvalue weighted by molar-refractivity contribution is 0.443. The fourth-order valence-electron chi connectivity index (χ4n) is 3.07. The van der Waals surface area contributed by atoms with Crippen molar-refractivity contribution in [2.45, 2.75) is 20.5 Å². The van der Waals surface area contributed by atoms with Gasteiger partial charge in [-0.3, -0.25) is 0 Å². The number of fused-ring (bicyclic) bond motifs is 5. The molecule has 1 fully saturated rings. The molecule has 0 radical (unpaired) electrons. The van der Waals surface area contributed by atoms with Gasteiger partial charge in [0.1, 0.15) is 9.75 Å². The summed E-state index contributed by atoms with van der Waals surface area (Å²) in [5, 5.41) is 0.439. The molecule has 0 amide bonds. The van der Waals surface area contributed by atoms with E-state index in [0.29, 0.717) is 0 Å². The number of halogens is 6. The Morgan fingerprint density at radius 3 is 2.06 bits per heavy atom. The quantitative estimate of drug-likeness (QED) is 0.429. The molecule has 0 spiro atoms. The molecule has 0 aromatic heterocycles. The van der Waals surface area contributed by atoms with E-state index in [1.54, 1.807) is 0 Å². The Morgan fingerprint density at radius 1 is 0.938 bits per heavy atom. The highest BCUT2D eigenvalue weighted by atomic mass is 35.5. The Morgan fingerprint density at radius 2 is 1.50 bits per heavy atom. The summed E-state index contributed by atoms with van der Waals surface area (Å²) in [5.41, 5.74) is 0. The SMILES string of the molecule is ClC1=C(Cl)C2(Cl)C3C=CC(C3)C2(Cl)C1(Cl)Cl. The van der Waals surface area contributed by atoms with Gasteiger partial charge in [-0.15, -0.1) is 23.2 Å². The number of allylic oxidation sites excluding steroid dienone is 4. The van der Waals surface area contributed by atoms with Crippen molar-refractivity contribution in [2.24, 2.45) is 11.8 Å². The van der Waals surface area contributed by atoms with Gasteiger partial charge in [-0.1, -0.05) is 58.6 Å². The zero-order valence-corrected chi connectivity index (χ0v) is 12.3. The van der Waals surface area contributed by atoms with Crippen LogP contribution >= 0.6 is 69.6 Å². The highest BCUT2D eigenvalue weighted by Crippen LogP contribution is 2.75. The van der Waals surface area contributed by atoms with E-state index >= 15 is 0 Å². The predicted octanol–water partition coefficient (Wildman–Crippen LogP) is 5.02. The average Bonchev–Trinajstić information content (AvgIpc) is 2.81. The van der Waals surface area contributed by atoms with Gasteiger partial charge in [0.15, 0.2) is 4.33 Å². The molecule has 0 N–H and O–H groups in total. The Balaban J connectivity index is 2.31. The molecule has 0 aliphatic heterocycles. The summed E-state index contributed by atoms with van der Waals surface area (Å²) in [6.45, 7) is 0. The maximum Gasteiger partial charge on any atom is 0.176 e. The van der Waals surface area contributed by atoms with Crippen molar-refractivity contribution in [3.05, 3.63) is 22.2 Å². The zero-order valence-electron chi connectivity index (χ0n) is 7.78. The smallest absolute Gasteiger partial charge is 0.113 e. The normalized spacial score (nSPS) is 52.6. The second-order valence-corrected chi connectivity index (χ2v) is 7.74. The largest absolute Gasteiger partial charge is 0.176 e. The van der Waals surface area contributed by atoms with Crippen molar-refractivity contribution < 1.29 is 0 Å². The van der Waals surface area contributed by atoms with E-state index in [0.717, 1.165) is 6.42 Å². The van der Waals surface area contributed by atoms with Crippen LogP contribution in [-0.2, 0) is 0 Å².